The summed E-state index contributed by atoms with van der Waals surface area (Å²) < 4.78 is 5.95. The van der Waals surface area contributed by atoms with Crippen LogP contribution in [-0.4, -0.2) is 12.6 Å². The van der Waals surface area contributed by atoms with Crippen LogP contribution in [0.15, 0.2) is 103 Å². The van der Waals surface area contributed by atoms with Crippen LogP contribution < -0.4 is 15.0 Å². The molecule has 0 aliphatic rings. The lowest BCUT2D eigenvalue weighted by Crippen LogP contribution is -2.21. The van der Waals surface area contributed by atoms with Crippen LogP contribution in [0.3, 0.4) is 0 Å². The molecule has 0 aliphatic heterocycles. The first-order chi connectivity index (χ1) is 14.8. The van der Waals surface area contributed by atoms with Crippen molar-refractivity contribution in [1.82, 2.24) is 0 Å². The van der Waals surface area contributed by atoms with E-state index < -0.39 is 0 Å². The Morgan fingerprint density at radius 2 is 1.33 bits per heavy atom. The summed E-state index contributed by atoms with van der Waals surface area (Å²) in [7, 11) is 1.56. The number of rotatable bonds is 6. The van der Waals surface area contributed by atoms with Gasteiger partial charge >= 0.3 is 7.48 Å². The molecule has 0 saturated heterocycles. The molecule has 0 atom stereocenters. The molecule has 4 rings (SSSR count). The molecule has 143 valence electrons. The monoisotopic (exact) mass is 389 g/mol. The summed E-state index contributed by atoms with van der Waals surface area (Å²) in [6, 6.07) is 34.3. The Bertz CT molecular complexity index is 1120. The van der Waals surface area contributed by atoms with Gasteiger partial charge in [0.25, 0.3) is 0 Å². The number of anilines is 3. The van der Waals surface area contributed by atoms with Crippen LogP contribution in [0, 0.1) is 11.3 Å². The maximum absolute atomic E-state index is 10.6. The summed E-state index contributed by atoms with van der Waals surface area (Å²) in [6.07, 6.45) is 0. The SMILES string of the molecule is N#Cc1ccc([B]Oc2c(O)cccc2N(c2ccccc2)c2ccccc2)cc1. The van der Waals surface area contributed by atoms with Crippen LogP contribution in [0.5, 0.6) is 11.5 Å². The quantitative estimate of drug-likeness (QED) is 0.469. The molecule has 0 amide bonds. The Labute approximate surface area is 176 Å². The number of nitriles is 1. The minimum absolute atomic E-state index is 0.0363. The van der Waals surface area contributed by atoms with Crippen molar-refractivity contribution in [3.63, 3.8) is 0 Å². The first kappa shape index (κ1) is 19.2. The van der Waals surface area contributed by atoms with Gasteiger partial charge in [-0.2, -0.15) is 5.26 Å². The van der Waals surface area contributed by atoms with Crippen molar-refractivity contribution in [2.45, 2.75) is 0 Å². The number of phenols is 1. The molecular formula is C25H18BN2O2. The lowest BCUT2D eigenvalue weighted by Gasteiger charge is -2.27. The largest absolute Gasteiger partial charge is 0.554 e. The van der Waals surface area contributed by atoms with E-state index >= 15 is 0 Å². The predicted molar refractivity (Wildman–Crippen MR) is 120 cm³/mol. The fraction of sp³-hybridized carbons (Fsp3) is 0. The third kappa shape index (κ3) is 4.13. The molecule has 0 spiro atoms. The number of phenolic OH excluding ortho intramolecular Hbond substituents is 1. The van der Waals surface area contributed by atoms with E-state index in [0.717, 1.165) is 16.8 Å². The van der Waals surface area contributed by atoms with Crippen molar-refractivity contribution < 1.29 is 9.76 Å². The van der Waals surface area contributed by atoms with Crippen LogP contribution in [0.2, 0.25) is 0 Å². The van der Waals surface area contributed by atoms with Gasteiger partial charge in [-0.3, -0.25) is 0 Å². The summed E-state index contributed by atoms with van der Waals surface area (Å²) in [4.78, 5) is 2.03. The Kier molecular flexibility index (Phi) is 5.68. The topological polar surface area (TPSA) is 56.5 Å². The fourth-order valence-corrected chi connectivity index (χ4v) is 3.15. The molecule has 4 nitrogen and oxygen atoms in total. The van der Waals surface area contributed by atoms with E-state index in [1.165, 1.54) is 0 Å². The van der Waals surface area contributed by atoms with Crippen molar-refractivity contribution in [2.75, 3.05) is 4.90 Å². The molecule has 0 aliphatic carbocycles. The molecule has 4 aromatic rings. The van der Waals surface area contributed by atoms with Gasteiger partial charge in [-0.25, -0.2) is 0 Å². The van der Waals surface area contributed by atoms with Crippen LogP contribution in [-0.2, 0) is 0 Å². The van der Waals surface area contributed by atoms with Gasteiger partial charge in [0, 0.05) is 11.4 Å². The zero-order valence-electron chi connectivity index (χ0n) is 16.1. The molecule has 0 bridgehead atoms. The van der Waals surface area contributed by atoms with E-state index in [4.69, 9.17) is 9.92 Å². The third-order valence-corrected chi connectivity index (χ3v) is 4.60. The normalized spacial score (nSPS) is 10.1. The number of benzene rings is 4. The lowest BCUT2D eigenvalue weighted by atomic mass is 9.87. The summed E-state index contributed by atoms with van der Waals surface area (Å²) in [5, 5.41) is 19.5. The molecule has 1 radical (unpaired) electrons. The summed E-state index contributed by atoms with van der Waals surface area (Å²) in [6.45, 7) is 0. The molecule has 1 N–H and O–H groups in total. The maximum atomic E-state index is 10.6. The van der Waals surface area contributed by atoms with Gasteiger partial charge in [0.1, 0.15) is 0 Å². The highest BCUT2D eigenvalue weighted by Gasteiger charge is 2.19. The zero-order valence-corrected chi connectivity index (χ0v) is 16.1. The molecule has 0 aromatic heterocycles. The number of hydrogen-bond acceptors (Lipinski definition) is 4. The predicted octanol–water partition coefficient (Wildman–Crippen LogP) is 5.06. The Balaban J connectivity index is 1.73. The second-order valence-electron chi connectivity index (χ2n) is 6.60. The molecule has 0 fully saturated rings. The number of para-hydroxylation sites is 3. The van der Waals surface area contributed by atoms with Gasteiger partial charge in [-0.15, -0.1) is 0 Å². The van der Waals surface area contributed by atoms with Crippen LogP contribution >= 0.6 is 0 Å². The molecule has 4 aromatic carbocycles. The molecule has 0 saturated carbocycles. The lowest BCUT2D eigenvalue weighted by molar-refractivity contribution is 0.445. The van der Waals surface area contributed by atoms with E-state index in [1.807, 2.05) is 71.6 Å². The molecular weight excluding hydrogens is 371 g/mol. The van der Waals surface area contributed by atoms with Crippen molar-refractivity contribution in [2.24, 2.45) is 0 Å². The average Bonchev–Trinajstić information content (AvgIpc) is 2.81. The van der Waals surface area contributed by atoms with Crippen molar-refractivity contribution in [3.05, 3.63) is 109 Å². The van der Waals surface area contributed by atoms with E-state index in [0.29, 0.717) is 17.0 Å². The third-order valence-electron chi connectivity index (χ3n) is 4.60. The van der Waals surface area contributed by atoms with E-state index in [9.17, 15) is 5.11 Å². The van der Waals surface area contributed by atoms with Gasteiger partial charge in [0.15, 0.2) is 11.5 Å². The summed E-state index contributed by atoms with van der Waals surface area (Å²) >= 11 is 0. The van der Waals surface area contributed by atoms with E-state index in [1.54, 1.807) is 43.9 Å². The van der Waals surface area contributed by atoms with Crippen molar-refractivity contribution in [3.8, 4) is 17.6 Å². The first-order valence-electron chi connectivity index (χ1n) is 9.48. The van der Waals surface area contributed by atoms with Crippen LogP contribution in [0.1, 0.15) is 5.56 Å². The van der Waals surface area contributed by atoms with Crippen molar-refractivity contribution in [1.29, 1.82) is 5.26 Å². The average molecular weight is 389 g/mol. The molecule has 30 heavy (non-hydrogen) atoms. The summed E-state index contributed by atoms with van der Waals surface area (Å²) in [5.74, 6) is 0.379. The summed E-state index contributed by atoms with van der Waals surface area (Å²) in [5.41, 5.74) is 3.95. The van der Waals surface area contributed by atoms with E-state index in [2.05, 4.69) is 6.07 Å². The minimum Gasteiger partial charge on any atom is -0.554 e. The Morgan fingerprint density at radius 3 is 1.90 bits per heavy atom. The zero-order chi connectivity index (χ0) is 20.8. The fourth-order valence-electron chi connectivity index (χ4n) is 3.15. The standard InChI is InChI=1S/C25H18BN2O2/c27-18-19-14-16-20(17-15-19)26-30-25-23(12-7-13-24(25)29)28(21-8-3-1-4-9-21)22-10-5-2-6-11-22/h1-17,29H. The van der Waals surface area contributed by atoms with Gasteiger partial charge in [-0.1, -0.05) is 54.6 Å². The van der Waals surface area contributed by atoms with Gasteiger partial charge in [-0.05, 0) is 54.0 Å². The molecule has 0 unspecified atom stereocenters. The number of aromatic hydroxyl groups is 1. The van der Waals surface area contributed by atoms with Crippen LogP contribution in [0.4, 0.5) is 17.1 Å². The Morgan fingerprint density at radius 1 is 0.733 bits per heavy atom. The highest BCUT2D eigenvalue weighted by molar-refractivity contribution is 6.47. The smallest absolute Gasteiger partial charge is 0.409 e. The Hall–Kier alpha value is -4.17. The highest BCUT2D eigenvalue weighted by Crippen LogP contribution is 2.43. The van der Waals surface area contributed by atoms with E-state index in [-0.39, 0.29) is 5.75 Å². The van der Waals surface area contributed by atoms with Gasteiger partial charge < -0.3 is 14.7 Å². The maximum Gasteiger partial charge on any atom is 0.409 e. The second-order valence-corrected chi connectivity index (χ2v) is 6.60. The molecule has 5 heteroatoms. The van der Waals surface area contributed by atoms with Crippen molar-refractivity contribution >= 4 is 30.0 Å². The molecule has 0 heterocycles. The first-order valence-corrected chi connectivity index (χ1v) is 9.48. The van der Waals surface area contributed by atoms with Gasteiger partial charge in [0.2, 0.25) is 0 Å². The number of hydrogen-bond donors (Lipinski definition) is 1. The minimum atomic E-state index is 0.0363. The number of nitrogens with zero attached hydrogens (tertiary/aromatic N) is 2. The van der Waals surface area contributed by atoms with Gasteiger partial charge in [0.05, 0.1) is 17.3 Å². The van der Waals surface area contributed by atoms with Crippen LogP contribution in [0.25, 0.3) is 0 Å². The highest BCUT2D eigenvalue weighted by atomic mass is 16.4. The second kappa shape index (κ2) is 8.89.